The van der Waals surface area contributed by atoms with E-state index in [9.17, 15) is 9.90 Å². The van der Waals surface area contributed by atoms with Crippen LogP contribution in [0.25, 0.3) is 0 Å². The molecule has 1 unspecified atom stereocenters. The Morgan fingerprint density at radius 1 is 1.54 bits per heavy atom. The van der Waals surface area contributed by atoms with Crippen LogP contribution in [0.2, 0.25) is 0 Å². The molecule has 0 saturated carbocycles. The van der Waals surface area contributed by atoms with Gasteiger partial charge in [-0.3, -0.25) is 4.79 Å². The van der Waals surface area contributed by atoms with Crippen LogP contribution in [0, 0.1) is 0 Å². The molecule has 4 heteroatoms. The molecular formula is C9H18O3S. The Bertz CT molecular complexity index is 139. The summed E-state index contributed by atoms with van der Waals surface area (Å²) in [4.78, 5) is 10.9. The monoisotopic (exact) mass is 206 g/mol. The summed E-state index contributed by atoms with van der Waals surface area (Å²) in [7, 11) is 0. The molecule has 13 heavy (non-hydrogen) atoms. The van der Waals surface area contributed by atoms with Crippen molar-refractivity contribution in [3.05, 3.63) is 0 Å². The third kappa shape index (κ3) is 8.12. The van der Waals surface area contributed by atoms with E-state index in [4.69, 9.17) is 4.74 Å². The van der Waals surface area contributed by atoms with Gasteiger partial charge >= 0.3 is 5.97 Å². The van der Waals surface area contributed by atoms with Crippen LogP contribution >= 0.6 is 11.8 Å². The Balaban J connectivity index is 3.38. The maximum Gasteiger partial charge on any atom is 0.308 e. The van der Waals surface area contributed by atoms with Crippen molar-refractivity contribution in [3.8, 4) is 0 Å². The molecule has 0 heterocycles. The predicted octanol–water partition coefficient (Wildman–Crippen LogP) is 1.44. The van der Waals surface area contributed by atoms with E-state index in [1.165, 1.54) is 0 Å². The molecule has 0 aromatic heterocycles. The van der Waals surface area contributed by atoms with Crippen molar-refractivity contribution in [2.24, 2.45) is 0 Å². The molecule has 0 aromatic rings. The van der Waals surface area contributed by atoms with Crippen LogP contribution in [-0.4, -0.2) is 35.3 Å². The van der Waals surface area contributed by atoms with Crippen molar-refractivity contribution in [2.75, 3.05) is 18.1 Å². The molecule has 1 N–H and O–H groups in total. The Morgan fingerprint density at radius 3 is 2.77 bits per heavy atom. The lowest BCUT2D eigenvalue weighted by Gasteiger charge is -2.08. The summed E-state index contributed by atoms with van der Waals surface area (Å²) in [5.74, 6) is 1.64. The average Bonchev–Trinajstić information content (AvgIpc) is 2.05. The van der Waals surface area contributed by atoms with Crippen LogP contribution in [0.15, 0.2) is 0 Å². The highest BCUT2D eigenvalue weighted by atomic mass is 32.2. The summed E-state index contributed by atoms with van der Waals surface area (Å²) in [6.45, 7) is 4.22. The quantitative estimate of drug-likeness (QED) is 0.506. The largest absolute Gasteiger partial charge is 0.466 e. The maximum absolute atomic E-state index is 10.9. The van der Waals surface area contributed by atoms with Crippen LogP contribution < -0.4 is 0 Å². The SMILES string of the molecule is CCOC(=O)CC(O)CCSCC. The molecule has 0 fully saturated rings. The van der Waals surface area contributed by atoms with Crippen molar-refractivity contribution in [1.82, 2.24) is 0 Å². The molecule has 0 aliphatic rings. The number of rotatable bonds is 7. The third-order valence-corrected chi connectivity index (χ3v) is 2.44. The first-order valence-corrected chi connectivity index (χ1v) is 5.77. The van der Waals surface area contributed by atoms with Gasteiger partial charge in [-0.25, -0.2) is 0 Å². The fourth-order valence-corrected chi connectivity index (χ4v) is 1.61. The summed E-state index contributed by atoms with van der Waals surface area (Å²) >= 11 is 1.76. The minimum Gasteiger partial charge on any atom is -0.466 e. The highest BCUT2D eigenvalue weighted by Crippen LogP contribution is 2.07. The second kappa shape index (κ2) is 8.38. The fraction of sp³-hybridized carbons (Fsp3) is 0.889. The predicted molar refractivity (Wildman–Crippen MR) is 54.9 cm³/mol. The summed E-state index contributed by atoms with van der Waals surface area (Å²) in [6, 6.07) is 0. The normalized spacial score (nSPS) is 12.5. The minimum atomic E-state index is -0.543. The molecule has 1 atom stereocenters. The van der Waals surface area contributed by atoms with Gasteiger partial charge in [-0.05, 0) is 24.9 Å². The third-order valence-electron chi connectivity index (χ3n) is 1.51. The summed E-state index contributed by atoms with van der Waals surface area (Å²) in [6.07, 6.45) is 0.244. The molecule has 3 nitrogen and oxygen atoms in total. The van der Waals surface area contributed by atoms with Gasteiger partial charge in [-0.15, -0.1) is 0 Å². The Kier molecular flexibility index (Phi) is 8.24. The second-order valence-electron chi connectivity index (χ2n) is 2.65. The Hall–Kier alpha value is -0.220. The maximum atomic E-state index is 10.9. The van der Waals surface area contributed by atoms with Crippen LogP contribution in [0.1, 0.15) is 26.7 Å². The summed E-state index contributed by atoms with van der Waals surface area (Å²) in [5.41, 5.74) is 0. The van der Waals surface area contributed by atoms with E-state index in [2.05, 4.69) is 6.92 Å². The van der Waals surface area contributed by atoms with Gasteiger partial charge in [-0.1, -0.05) is 6.92 Å². The number of carbonyl (C=O) groups is 1. The number of aliphatic hydroxyl groups excluding tert-OH is 1. The van der Waals surface area contributed by atoms with Crippen LogP contribution in [0.4, 0.5) is 0 Å². The number of hydrogen-bond donors (Lipinski definition) is 1. The number of aliphatic hydroxyl groups is 1. The molecule has 0 rings (SSSR count). The lowest BCUT2D eigenvalue weighted by atomic mass is 10.2. The van der Waals surface area contributed by atoms with E-state index < -0.39 is 6.10 Å². The van der Waals surface area contributed by atoms with E-state index in [1.54, 1.807) is 18.7 Å². The molecule has 78 valence electrons. The lowest BCUT2D eigenvalue weighted by Crippen LogP contribution is -2.16. The van der Waals surface area contributed by atoms with E-state index in [-0.39, 0.29) is 12.4 Å². The van der Waals surface area contributed by atoms with Crippen molar-refractivity contribution in [2.45, 2.75) is 32.8 Å². The van der Waals surface area contributed by atoms with Crippen LogP contribution in [0.3, 0.4) is 0 Å². The van der Waals surface area contributed by atoms with Gasteiger partial charge in [0.1, 0.15) is 0 Å². The molecule has 0 aliphatic heterocycles. The van der Waals surface area contributed by atoms with E-state index in [0.29, 0.717) is 13.0 Å². The lowest BCUT2D eigenvalue weighted by molar-refractivity contribution is -0.145. The second-order valence-corrected chi connectivity index (χ2v) is 4.04. The molecule has 0 aliphatic carbocycles. The summed E-state index contributed by atoms with van der Waals surface area (Å²) < 4.78 is 4.71. The van der Waals surface area contributed by atoms with Crippen molar-refractivity contribution in [3.63, 3.8) is 0 Å². The van der Waals surface area contributed by atoms with E-state index >= 15 is 0 Å². The van der Waals surface area contributed by atoms with Crippen molar-refractivity contribution >= 4 is 17.7 Å². The van der Waals surface area contributed by atoms with E-state index in [0.717, 1.165) is 11.5 Å². The zero-order valence-corrected chi connectivity index (χ0v) is 9.10. The first-order valence-electron chi connectivity index (χ1n) is 4.62. The Morgan fingerprint density at radius 2 is 2.23 bits per heavy atom. The number of carbonyl (C=O) groups excluding carboxylic acids is 1. The van der Waals surface area contributed by atoms with Crippen molar-refractivity contribution in [1.29, 1.82) is 0 Å². The van der Waals surface area contributed by atoms with E-state index in [1.807, 2.05) is 0 Å². The van der Waals surface area contributed by atoms with Crippen LogP contribution in [-0.2, 0) is 9.53 Å². The summed E-state index contributed by atoms with van der Waals surface area (Å²) in [5, 5.41) is 9.36. The molecule has 0 aromatic carbocycles. The zero-order valence-electron chi connectivity index (χ0n) is 8.28. The van der Waals surface area contributed by atoms with Gasteiger partial charge in [0, 0.05) is 0 Å². The van der Waals surface area contributed by atoms with Gasteiger partial charge in [-0.2, -0.15) is 11.8 Å². The zero-order chi connectivity index (χ0) is 10.1. The number of thioether (sulfide) groups is 1. The molecular weight excluding hydrogens is 188 g/mol. The molecule has 0 bridgehead atoms. The van der Waals surface area contributed by atoms with Crippen LogP contribution in [0.5, 0.6) is 0 Å². The van der Waals surface area contributed by atoms with Gasteiger partial charge in [0.2, 0.25) is 0 Å². The minimum absolute atomic E-state index is 0.123. The molecule has 0 amide bonds. The first kappa shape index (κ1) is 12.8. The van der Waals surface area contributed by atoms with Gasteiger partial charge in [0.25, 0.3) is 0 Å². The average molecular weight is 206 g/mol. The smallest absolute Gasteiger partial charge is 0.308 e. The van der Waals surface area contributed by atoms with Gasteiger partial charge < -0.3 is 9.84 Å². The molecule has 0 radical (unpaired) electrons. The number of hydrogen-bond acceptors (Lipinski definition) is 4. The molecule has 0 saturated heterocycles. The van der Waals surface area contributed by atoms with Gasteiger partial charge in [0.15, 0.2) is 0 Å². The molecule has 0 spiro atoms. The highest BCUT2D eigenvalue weighted by Gasteiger charge is 2.10. The fourth-order valence-electron chi connectivity index (χ4n) is 0.878. The number of esters is 1. The number of ether oxygens (including phenoxy) is 1. The topological polar surface area (TPSA) is 46.5 Å². The Labute approximate surface area is 83.9 Å². The van der Waals surface area contributed by atoms with Crippen molar-refractivity contribution < 1.29 is 14.6 Å². The van der Waals surface area contributed by atoms with Gasteiger partial charge in [0.05, 0.1) is 19.1 Å². The standard InChI is InChI=1S/C9H18O3S/c1-3-12-9(11)7-8(10)5-6-13-4-2/h8,10H,3-7H2,1-2H3. The first-order chi connectivity index (χ1) is 6.20. The highest BCUT2D eigenvalue weighted by molar-refractivity contribution is 7.99.